The topological polar surface area (TPSA) is 85.7 Å². The summed E-state index contributed by atoms with van der Waals surface area (Å²) in [5.74, 6) is 1.44. The molecule has 1 atom stereocenters. The SMILES string of the molecule is CCCCCCN(C(=O)Nc1cccc2ccccc12)C(C)c1nc2ccccc2c(=O)n1-c1cc(OC)cc(OC)c1Br. The second kappa shape index (κ2) is 13.9. The third-order valence-electron chi connectivity index (χ3n) is 7.88. The lowest BCUT2D eigenvalue weighted by molar-refractivity contribution is 0.187. The number of ether oxygens (including phenoxy) is 2. The van der Waals surface area contributed by atoms with Gasteiger partial charge < -0.3 is 19.7 Å². The smallest absolute Gasteiger partial charge is 0.322 e. The Bertz CT molecular complexity index is 1850. The molecule has 0 saturated heterocycles. The van der Waals surface area contributed by atoms with Gasteiger partial charge in [0.25, 0.3) is 5.56 Å². The van der Waals surface area contributed by atoms with E-state index in [-0.39, 0.29) is 11.6 Å². The van der Waals surface area contributed by atoms with Gasteiger partial charge in [-0.2, -0.15) is 0 Å². The van der Waals surface area contributed by atoms with Crippen molar-refractivity contribution in [2.24, 2.45) is 0 Å². The molecule has 1 aromatic heterocycles. The zero-order valence-corrected chi connectivity index (χ0v) is 27.1. The van der Waals surface area contributed by atoms with E-state index in [0.29, 0.717) is 44.9 Å². The number of nitrogens with zero attached hydrogens (tertiary/aromatic N) is 3. The van der Waals surface area contributed by atoms with Crippen molar-refractivity contribution in [3.05, 3.63) is 99.5 Å². The Labute approximate surface area is 265 Å². The molecule has 0 fully saturated rings. The number of amides is 2. The fourth-order valence-corrected chi connectivity index (χ4v) is 6.06. The van der Waals surface area contributed by atoms with Crippen molar-refractivity contribution in [1.29, 1.82) is 0 Å². The van der Waals surface area contributed by atoms with E-state index in [0.717, 1.165) is 42.1 Å². The van der Waals surface area contributed by atoms with Crippen molar-refractivity contribution >= 4 is 49.3 Å². The number of carbonyl (C=O) groups excluding carboxylic acids is 1. The Balaban J connectivity index is 1.66. The van der Waals surface area contributed by atoms with E-state index in [4.69, 9.17) is 14.5 Å². The molecule has 5 aromatic rings. The van der Waals surface area contributed by atoms with Gasteiger partial charge in [-0.3, -0.25) is 9.36 Å². The van der Waals surface area contributed by atoms with Crippen LogP contribution >= 0.6 is 15.9 Å². The molecule has 8 nitrogen and oxygen atoms in total. The molecule has 2 amide bonds. The summed E-state index contributed by atoms with van der Waals surface area (Å²) in [5.41, 5.74) is 1.53. The largest absolute Gasteiger partial charge is 0.497 e. The molecule has 9 heteroatoms. The van der Waals surface area contributed by atoms with Crippen molar-refractivity contribution in [1.82, 2.24) is 14.5 Å². The first-order valence-electron chi connectivity index (χ1n) is 14.9. The number of benzene rings is 4. The molecule has 44 heavy (non-hydrogen) atoms. The Hall–Kier alpha value is -4.37. The van der Waals surface area contributed by atoms with Gasteiger partial charge in [0.05, 0.1) is 47.0 Å². The number of halogens is 1. The Kier molecular flexibility index (Phi) is 9.85. The molecule has 0 spiro atoms. The van der Waals surface area contributed by atoms with Gasteiger partial charge in [-0.15, -0.1) is 0 Å². The fraction of sp³-hybridized carbons (Fsp3) is 0.286. The van der Waals surface area contributed by atoms with Crippen molar-refractivity contribution in [2.75, 3.05) is 26.1 Å². The minimum atomic E-state index is -0.576. The van der Waals surface area contributed by atoms with Gasteiger partial charge in [-0.05, 0) is 52.9 Å². The molecule has 0 bridgehead atoms. The second-order valence-electron chi connectivity index (χ2n) is 10.7. The first-order chi connectivity index (χ1) is 21.4. The van der Waals surface area contributed by atoms with Gasteiger partial charge in [-0.1, -0.05) is 74.7 Å². The third-order valence-corrected chi connectivity index (χ3v) is 8.67. The van der Waals surface area contributed by atoms with Gasteiger partial charge in [0.2, 0.25) is 0 Å². The first kappa shape index (κ1) is 31.1. The summed E-state index contributed by atoms with van der Waals surface area (Å²) in [7, 11) is 3.12. The fourth-order valence-electron chi connectivity index (χ4n) is 5.49. The van der Waals surface area contributed by atoms with E-state index < -0.39 is 6.04 Å². The predicted octanol–water partition coefficient (Wildman–Crippen LogP) is 8.49. The van der Waals surface area contributed by atoms with Gasteiger partial charge in [-0.25, -0.2) is 9.78 Å². The minimum Gasteiger partial charge on any atom is -0.497 e. The lowest BCUT2D eigenvalue weighted by Crippen LogP contribution is -2.40. The average Bonchev–Trinajstić information content (AvgIpc) is 3.05. The predicted molar refractivity (Wildman–Crippen MR) is 180 cm³/mol. The summed E-state index contributed by atoms with van der Waals surface area (Å²) in [6.07, 6.45) is 3.95. The molecular formula is C35H37BrN4O4. The summed E-state index contributed by atoms with van der Waals surface area (Å²) >= 11 is 3.65. The van der Waals surface area contributed by atoms with Crippen molar-refractivity contribution in [3.63, 3.8) is 0 Å². The number of urea groups is 1. The standard InChI is InChI=1S/C35H37BrN4O4/c1-5-6-7-12-20-39(35(42)38-28-19-13-15-24-14-8-9-16-26(24)28)23(2)33-37-29-18-11-10-17-27(29)34(41)40(33)30-21-25(43-3)22-31(44-4)32(30)36/h8-11,13-19,21-23H,5-7,12,20H2,1-4H3,(H,38,42). The van der Waals surface area contributed by atoms with Crippen LogP contribution in [0.25, 0.3) is 27.4 Å². The normalized spacial score (nSPS) is 11.8. The van der Waals surface area contributed by atoms with E-state index in [1.54, 1.807) is 41.9 Å². The van der Waals surface area contributed by atoms with Gasteiger partial charge in [0.1, 0.15) is 17.3 Å². The van der Waals surface area contributed by atoms with E-state index in [9.17, 15) is 9.59 Å². The molecule has 4 aromatic carbocycles. The van der Waals surface area contributed by atoms with E-state index in [2.05, 4.69) is 28.2 Å². The highest BCUT2D eigenvalue weighted by Crippen LogP contribution is 2.37. The van der Waals surface area contributed by atoms with Crippen LogP contribution in [0.15, 0.2) is 88.1 Å². The molecule has 228 valence electrons. The number of nitrogens with one attached hydrogen (secondary N) is 1. The number of aromatic nitrogens is 2. The third kappa shape index (κ3) is 6.28. The number of carbonyl (C=O) groups is 1. The number of fused-ring (bicyclic) bond motifs is 2. The van der Waals surface area contributed by atoms with Crippen molar-refractivity contribution in [3.8, 4) is 17.2 Å². The second-order valence-corrected chi connectivity index (χ2v) is 11.5. The lowest BCUT2D eigenvalue weighted by Gasteiger charge is -2.31. The van der Waals surface area contributed by atoms with Crippen LogP contribution in [0.5, 0.6) is 11.5 Å². The number of hydrogen-bond donors (Lipinski definition) is 1. The monoisotopic (exact) mass is 656 g/mol. The number of unbranched alkanes of at least 4 members (excludes halogenated alkanes) is 3. The number of rotatable bonds is 11. The summed E-state index contributed by atoms with van der Waals surface area (Å²) in [6, 6.07) is 23.7. The highest BCUT2D eigenvalue weighted by Gasteiger charge is 2.28. The zero-order valence-electron chi connectivity index (χ0n) is 25.5. The lowest BCUT2D eigenvalue weighted by atomic mass is 10.1. The van der Waals surface area contributed by atoms with Crippen LogP contribution in [0, 0.1) is 0 Å². The minimum absolute atomic E-state index is 0.256. The highest BCUT2D eigenvalue weighted by atomic mass is 79.9. The van der Waals surface area contributed by atoms with Crippen LogP contribution in [0.3, 0.4) is 0 Å². The molecule has 0 aliphatic rings. The van der Waals surface area contributed by atoms with Crippen LogP contribution < -0.4 is 20.3 Å². The molecular weight excluding hydrogens is 620 g/mol. The van der Waals surface area contributed by atoms with Crippen molar-refractivity contribution < 1.29 is 14.3 Å². The van der Waals surface area contributed by atoms with E-state index in [1.165, 1.54) is 0 Å². The number of hydrogen-bond acceptors (Lipinski definition) is 5. The molecule has 0 saturated carbocycles. The molecule has 0 aliphatic heterocycles. The molecule has 1 unspecified atom stereocenters. The number of methoxy groups -OCH3 is 2. The quantitative estimate of drug-likeness (QED) is 0.144. The zero-order chi connectivity index (χ0) is 31.2. The average molecular weight is 658 g/mol. The Morgan fingerprint density at radius 2 is 1.68 bits per heavy atom. The molecule has 0 aliphatic carbocycles. The number of para-hydroxylation sites is 1. The summed E-state index contributed by atoms with van der Waals surface area (Å²) in [5, 5.41) is 5.61. The first-order valence-corrected chi connectivity index (χ1v) is 15.7. The van der Waals surface area contributed by atoms with Crippen LogP contribution in [0.1, 0.15) is 51.4 Å². The molecule has 1 N–H and O–H groups in total. The molecule has 1 heterocycles. The summed E-state index contributed by atoms with van der Waals surface area (Å²) in [4.78, 5) is 35.2. The Morgan fingerprint density at radius 1 is 0.955 bits per heavy atom. The number of anilines is 1. The molecule has 5 rings (SSSR count). The van der Waals surface area contributed by atoms with Crippen LogP contribution in [0.4, 0.5) is 10.5 Å². The maximum absolute atomic E-state index is 14.2. The maximum Gasteiger partial charge on any atom is 0.322 e. The maximum atomic E-state index is 14.2. The highest BCUT2D eigenvalue weighted by molar-refractivity contribution is 9.10. The Morgan fingerprint density at radius 3 is 2.43 bits per heavy atom. The van der Waals surface area contributed by atoms with E-state index in [1.807, 2.05) is 67.6 Å². The van der Waals surface area contributed by atoms with Gasteiger partial charge in [0.15, 0.2) is 0 Å². The van der Waals surface area contributed by atoms with Crippen molar-refractivity contribution in [2.45, 2.75) is 45.6 Å². The van der Waals surface area contributed by atoms with Crippen LogP contribution in [0.2, 0.25) is 0 Å². The van der Waals surface area contributed by atoms with Crippen LogP contribution in [-0.4, -0.2) is 41.2 Å². The summed E-state index contributed by atoms with van der Waals surface area (Å²) < 4.78 is 13.3. The van der Waals surface area contributed by atoms with Crippen LogP contribution in [-0.2, 0) is 0 Å². The van der Waals surface area contributed by atoms with E-state index >= 15 is 0 Å². The molecule has 0 radical (unpaired) electrons. The van der Waals surface area contributed by atoms with Gasteiger partial charge >= 0.3 is 6.03 Å². The van der Waals surface area contributed by atoms with Gasteiger partial charge in [0, 0.05) is 24.1 Å². The summed E-state index contributed by atoms with van der Waals surface area (Å²) in [6.45, 7) is 4.56.